The molecule has 8 N–H and O–H groups in total. The van der Waals surface area contributed by atoms with E-state index in [1.165, 1.54) is 10.9 Å². The lowest BCUT2D eigenvalue weighted by atomic mass is 10.1. The third-order valence-corrected chi connectivity index (χ3v) is 8.60. The summed E-state index contributed by atoms with van der Waals surface area (Å²) in [7, 11) is -16.0. The van der Waals surface area contributed by atoms with Crippen LogP contribution in [0, 0.1) is 12.3 Å². The van der Waals surface area contributed by atoms with Gasteiger partial charge in [0.05, 0.1) is 19.5 Å². The molecule has 0 aliphatic carbocycles. The Kier molecular flexibility index (Phi) is 7.92. The summed E-state index contributed by atoms with van der Waals surface area (Å²) >= 11 is 0. The number of hydrogen-bond acceptors (Lipinski definition) is 13. The monoisotopic (exact) mass is 544 g/mol. The van der Waals surface area contributed by atoms with E-state index in [2.05, 4.69) is 28.1 Å². The number of nitrogens with two attached hydrogens (primary N) is 1. The summed E-state index contributed by atoms with van der Waals surface area (Å²) in [5.41, 5.74) is 6.04. The van der Waals surface area contributed by atoms with Crippen molar-refractivity contribution in [3.63, 3.8) is 0 Å². The molecule has 0 spiro atoms. The van der Waals surface area contributed by atoms with Gasteiger partial charge in [0.1, 0.15) is 30.2 Å². The molecule has 4 unspecified atom stereocenters. The molecule has 0 radical (unpaired) electrons. The molecular formula is C13H19N6O12P3. The standard InChI is InChI=1S/C13H19N6O12P3/c1-2-3-18-32(22,23)30-34(26,27)31-33(24,25)28-4-7-9(20)10(21)13(29-7)19-6-17-8-11(14)15-5-16-12(8)19/h1,5-7,9-10,13,20-21H,3-4H2,(H,24,25)(H,26,27)(H2,14,15,16)(H2,18,22,23)/t7-,9-,10-,13?/m1/s1. The second-order valence-electron chi connectivity index (χ2n) is 6.58. The third-order valence-electron chi connectivity index (χ3n) is 4.20. The topological polar surface area (TPSA) is 271 Å². The molecule has 0 amide bonds. The van der Waals surface area contributed by atoms with Crippen LogP contribution in [-0.2, 0) is 31.6 Å². The Morgan fingerprint density at radius 1 is 1.15 bits per heavy atom. The van der Waals surface area contributed by atoms with Crippen LogP contribution in [0.3, 0.4) is 0 Å². The van der Waals surface area contributed by atoms with Crippen LogP contribution in [0.5, 0.6) is 0 Å². The number of nitrogens with zero attached hydrogens (tertiary/aromatic N) is 4. The zero-order valence-electron chi connectivity index (χ0n) is 16.8. The predicted molar refractivity (Wildman–Crippen MR) is 110 cm³/mol. The van der Waals surface area contributed by atoms with Crippen molar-refractivity contribution in [1.29, 1.82) is 0 Å². The minimum Gasteiger partial charge on any atom is -0.387 e. The Morgan fingerprint density at radius 3 is 2.53 bits per heavy atom. The minimum absolute atomic E-state index is 0.0487. The average Bonchev–Trinajstić information content (AvgIpc) is 3.26. The lowest BCUT2D eigenvalue weighted by Gasteiger charge is -2.20. The maximum atomic E-state index is 12.0. The first-order chi connectivity index (χ1) is 15.8. The second kappa shape index (κ2) is 10.1. The molecule has 3 heterocycles. The molecular weight excluding hydrogens is 525 g/mol. The zero-order chi connectivity index (χ0) is 25.3. The Hall–Kier alpha value is -1.80. The van der Waals surface area contributed by atoms with Gasteiger partial charge in [-0.05, 0) is 0 Å². The van der Waals surface area contributed by atoms with Gasteiger partial charge in [-0.1, -0.05) is 5.92 Å². The number of aromatic nitrogens is 4. The van der Waals surface area contributed by atoms with Crippen molar-refractivity contribution < 1.29 is 56.5 Å². The predicted octanol–water partition coefficient (Wildman–Crippen LogP) is -1.40. The fourth-order valence-electron chi connectivity index (χ4n) is 2.80. The van der Waals surface area contributed by atoms with E-state index in [0.717, 1.165) is 6.33 Å². The Morgan fingerprint density at radius 2 is 1.85 bits per heavy atom. The molecule has 34 heavy (non-hydrogen) atoms. The summed E-state index contributed by atoms with van der Waals surface area (Å²) in [4.78, 5) is 40.3. The molecule has 2 aromatic rings. The van der Waals surface area contributed by atoms with Crippen LogP contribution >= 0.6 is 23.4 Å². The maximum absolute atomic E-state index is 12.0. The number of nitrogen functional groups attached to an aromatic ring is 1. The van der Waals surface area contributed by atoms with Gasteiger partial charge in [0.2, 0.25) is 0 Å². The van der Waals surface area contributed by atoms with Gasteiger partial charge in [0.25, 0.3) is 0 Å². The molecule has 0 bridgehead atoms. The van der Waals surface area contributed by atoms with Crippen LogP contribution in [0.15, 0.2) is 12.7 Å². The fourth-order valence-corrected chi connectivity index (χ4v) is 6.40. The number of hydrogen-bond donors (Lipinski definition) is 7. The minimum atomic E-state index is -5.62. The number of anilines is 1. The Balaban J connectivity index is 1.65. The fraction of sp³-hybridized carbons (Fsp3) is 0.462. The highest BCUT2D eigenvalue weighted by molar-refractivity contribution is 7.67. The molecule has 1 fully saturated rings. The van der Waals surface area contributed by atoms with Crippen LogP contribution in [0.2, 0.25) is 0 Å². The lowest BCUT2D eigenvalue weighted by Crippen LogP contribution is -2.33. The van der Waals surface area contributed by atoms with Gasteiger partial charge >= 0.3 is 23.4 Å². The summed E-state index contributed by atoms with van der Waals surface area (Å²) in [6.45, 7) is -1.47. The third kappa shape index (κ3) is 6.25. The van der Waals surface area contributed by atoms with Crippen molar-refractivity contribution in [3.8, 4) is 12.3 Å². The molecule has 0 aromatic carbocycles. The number of fused-ring (bicyclic) bond motifs is 1. The van der Waals surface area contributed by atoms with Crippen LogP contribution in [0.1, 0.15) is 6.23 Å². The summed E-state index contributed by atoms with van der Waals surface area (Å²) < 4.78 is 54.5. The highest BCUT2D eigenvalue weighted by atomic mass is 31.3. The van der Waals surface area contributed by atoms with Gasteiger partial charge in [-0.25, -0.2) is 33.7 Å². The number of ether oxygens (including phenoxy) is 1. The summed E-state index contributed by atoms with van der Waals surface area (Å²) in [5, 5.41) is 22.3. The number of imidazole rings is 1. The molecule has 1 aliphatic heterocycles. The number of aliphatic hydroxyl groups excluding tert-OH is 2. The van der Waals surface area contributed by atoms with Crippen molar-refractivity contribution in [2.75, 3.05) is 18.9 Å². The molecule has 188 valence electrons. The smallest absolute Gasteiger partial charge is 0.387 e. The van der Waals surface area contributed by atoms with E-state index >= 15 is 0 Å². The van der Waals surface area contributed by atoms with Gasteiger partial charge in [0, 0.05) is 0 Å². The largest absolute Gasteiger partial charge is 0.489 e. The Labute approximate surface area is 190 Å². The quantitative estimate of drug-likeness (QED) is 0.134. The maximum Gasteiger partial charge on any atom is 0.489 e. The van der Waals surface area contributed by atoms with Crippen molar-refractivity contribution in [2.24, 2.45) is 0 Å². The molecule has 1 saturated heterocycles. The van der Waals surface area contributed by atoms with Crippen molar-refractivity contribution >= 4 is 40.4 Å². The van der Waals surface area contributed by atoms with E-state index in [-0.39, 0.29) is 17.0 Å². The summed E-state index contributed by atoms with van der Waals surface area (Å²) in [6.07, 6.45) is 1.23. The van der Waals surface area contributed by atoms with Crippen LogP contribution in [-0.4, -0.2) is 75.9 Å². The van der Waals surface area contributed by atoms with Gasteiger partial charge in [-0.15, -0.1) is 6.42 Å². The van der Waals surface area contributed by atoms with Crippen LogP contribution in [0.25, 0.3) is 11.2 Å². The van der Waals surface area contributed by atoms with E-state index in [1.54, 1.807) is 5.09 Å². The number of nitrogens with one attached hydrogen (secondary N) is 1. The van der Waals surface area contributed by atoms with Gasteiger partial charge < -0.3 is 35.4 Å². The SMILES string of the molecule is C#CCNP(=O)(O)OP(=O)(O)OP(=O)(O)OC[C@H]1OC(n2cnc3c(N)ncnc32)[C@H](O)[C@@H]1O. The number of phosphoric ester groups is 1. The normalized spacial score (nSPS) is 28.1. The highest BCUT2D eigenvalue weighted by Crippen LogP contribution is 2.66. The van der Waals surface area contributed by atoms with Crippen molar-refractivity contribution in [2.45, 2.75) is 24.5 Å². The highest BCUT2D eigenvalue weighted by Gasteiger charge is 2.47. The molecule has 2 aromatic heterocycles. The zero-order valence-corrected chi connectivity index (χ0v) is 19.4. The van der Waals surface area contributed by atoms with Crippen LogP contribution in [0.4, 0.5) is 5.82 Å². The van der Waals surface area contributed by atoms with Crippen LogP contribution < -0.4 is 10.8 Å². The van der Waals surface area contributed by atoms with Crippen molar-refractivity contribution in [1.82, 2.24) is 24.6 Å². The molecule has 0 saturated carbocycles. The van der Waals surface area contributed by atoms with E-state index in [0.29, 0.717) is 0 Å². The Bertz CT molecular complexity index is 1230. The first-order valence-corrected chi connectivity index (χ1v) is 13.5. The van der Waals surface area contributed by atoms with Gasteiger partial charge in [-0.2, -0.15) is 8.62 Å². The molecule has 3 rings (SSSR count). The second-order valence-corrected chi connectivity index (χ2v) is 11.4. The number of phosphoric acid groups is 2. The number of terminal acetylenes is 1. The average molecular weight is 544 g/mol. The molecule has 1 aliphatic rings. The van der Waals surface area contributed by atoms with Gasteiger partial charge in [-0.3, -0.25) is 9.09 Å². The van der Waals surface area contributed by atoms with E-state index in [4.69, 9.17) is 16.9 Å². The first-order valence-electron chi connectivity index (χ1n) is 8.94. The lowest BCUT2D eigenvalue weighted by molar-refractivity contribution is -0.0503. The van der Waals surface area contributed by atoms with Crippen molar-refractivity contribution in [3.05, 3.63) is 12.7 Å². The summed E-state index contributed by atoms with van der Waals surface area (Å²) in [5.74, 6) is 1.95. The van der Waals surface area contributed by atoms with E-state index in [1.807, 2.05) is 5.92 Å². The first kappa shape index (κ1) is 26.8. The van der Waals surface area contributed by atoms with E-state index in [9.17, 15) is 38.6 Å². The summed E-state index contributed by atoms with van der Waals surface area (Å²) in [6, 6.07) is 0. The molecule has 21 heteroatoms. The van der Waals surface area contributed by atoms with E-state index < -0.39 is 61.1 Å². The number of rotatable bonds is 10. The van der Waals surface area contributed by atoms with Gasteiger partial charge in [0.15, 0.2) is 17.7 Å². The number of aliphatic hydroxyl groups is 2. The molecule has 7 atom stereocenters. The molecule has 18 nitrogen and oxygen atoms in total.